The SMILES string of the molecule is O=C(Cn1cnnn1)N1CCN(c2ccccc2Cl)CC1. The third-order valence-corrected chi connectivity index (χ3v) is 3.83. The summed E-state index contributed by atoms with van der Waals surface area (Å²) >= 11 is 6.20. The number of para-hydroxylation sites is 1. The van der Waals surface area contributed by atoms with Gasteiger partial charge in [0.25, 0.3) is 0 Å². The van der Waals surface area contributed by atoms with Crippen LogP contribution in [-0.2, 0) is 11.3 Å². The lowest BCUT2D eigenvalue weighted by atomic mass is 10.2. The summed E-state index contributed by atoms with van der Waals surface area (Å²) in [6.45, 7) is 3.06. The predicted molar refractivity (Wildman–Crippen MR) is 78.1 cm³/mol. The first-order chi connectivity index (χ1) is 10.2. The smallest absolute Gasteiger partial charge is 0.244 e. The minimum atomic E-state index is 0.0288. The number of rotatable bonds is 3. The lowest BCUT2D eigenvalue weighted by Gasteiger charge is -2.36. The Balaban J connectivity index is 1.58. The zero-order valence-electron chi connectivity index (χ0n) is 11.4. The van der Waals surface area contributed by atoms with Crippen LogP contribution in [0.25, 0.3) is 0 Å². The van der Waals surface area contributed by atoms with E-state index < -0.39 is 0 Å². The fourth-order valence-electron chi connectivity index (χ4n) is 2.40. The van der Waals surface area contributed by atoms with Gasteiger partial charge >= 0.3 is 0 Å². The number of anilines is 1. The molecule has 1 aliphatic rings. The van der Waals surface area contributed by atoms with Gasteiger partial charge in [-0.25, -0.2) is 4.68 Å². The number of amides is 1. The van der Waals surface area contributed by atoms with E-state index >= 15 is 0 Å². The highest BCUT2D eigenvalue weighted by atomic mass is 35.5. The van der Waals surface area contributed by atoms with E-state index in [1.807, 2.05) is 29.2 Å². The van der Waals surface area contributed by atoms with Gasteiger partial charge in [0.05, 0.1) is 10.7 Å². The summed E-state index contributed by atoms with van der Waals surface area (Å²) < 4.78 is 1.43. The van der Waals surface area contributed by atoms with Crippen molar-refractivity contribution in [3.05, 3.63) is 35.6 Å². The van der Waals surface area contributed by atoms with Crippen molar-refractivity contribution in [2.24, 2.45) is 0 Å². The zero-order chi connectivity index (χ0) is 14.7. The zero-order valence-corrected chi connectivity index (χ0v) is 12.1. The van der Waals surface area contributed by atoms with Crippen LogP contribution in [-0.4, -0.2) is 57.2 Å². The van der Waals surface area contributed by atoms with Crippen LogP contribution < -0.4 is 4.90 Å². The first-order valence-electron chi connectivity index (χ1n) is 6.72. The van der Waals surface area contributed by atoms with Crippen LogP contribution in [0.2, 0.25) is 5.02 Å². The van der Waals surface area contributed by atoms with Gasteiger partial charge in [0.1, 0.15) is 12.9 Å². The molecule has 7 nitrogen and oxygen atoms in total. The average molecular weight is 307 g/mol. The molecule has 0 spiro atoms. The fourth-order valence-corrected chi connectivity index (χ4v) is 2.65. The Labute approximate surface area is 127 Å². The second kappa shape index (κ2) is 6.09. The third kappa shape index (κ3) is 3.13. The Morgan fingerprint density at radius 3 is 2.62 bits per heavy atom. The molecule has 1 saturated heterocycles. The second-order valence-electron chi connectivity index (χ2n) is 4.83. The van der Waals surface area contributed by atoms with Gasteiger partial charge < -0.3 is 9.80 Å². The van der Waals surface area contributed by atoms with Crippen LogP contribution in [0.15, 0.2) is 30.6 Å². The largest absolute Gasteiger partial charge is 0.367 e. The minimum Gasteiger partial charge on any atom is -0.367 e. The van der Waals surface area contributed by atoms with Crippen molar-refractivity contribution in [3.8, 4) is 0 Å². The van der Waals surface area contributed by atoms with Crippen molar-refractivity contribution in [1.29, 1.82) is 0 Å². The quantitative estimate of drug-likeness (QED) is 0.834. The second-order valence-corrected chi connectivity index (χ2v) is 5.23. The molecule has 0 atom stereocenters. The molecule has 0 unspecified atom stereocenters. The molecule has 3 rings (SSSR count). The summed E-state index contributed by atoms with van der Waals surface area (Å²) in [5.41, 5.74) is 1.02. The van der Waals surface area contributed by atoms with E-state index in [1.54, 1.807) is 0 Å². The molecule has 0 aliphatic carbocycles. The van der Waals surface area contributed by atoms with Crippen LogP contribution in [0.5, 0.6) is 0 Å². The van der Waals surface area contributed by atoms with Crippen LogP contribution >= 0.6 is 11.6 Å². The molecule has 1 aliphatic heterocycles. The van der Waals surface area contributed by atoms with E-state index in [9.17, 15) is 4.79 Å². The number of aromatic nitrogens is 4. The topological polar surface area (TPSA) is 67.2 Å². The minimum absolute atomic E-state index is 0.0288. The fraction of sp³-hybridized carbons (Fsp3) is 0.385. The predicted octanol–water partition coefficient (Wildman–Crippen LogP) is 0.675. The van der Waals surface area contributed by atoms with Gasteiger partial charge in [-0.1, -0.05) is 23.7 Å². The third-order valence-electron chi connectivity index (χ3n) is 3.51. The Morgan fingerprint density at radius 2 is 1.95 bits per heavy atom. The molecule has 21 heavy (non-hydrogen) atoms. The van der Waals surface area contributed by atoms with E-state index in [1.165, 1.54) is 11.0 Å². The highest BCUT2D eigenvalue weighted by Gasteiger charge is 2.22. The normalized spacial score (nSPS) is 15.3. The molecule has 0 radical (unpaired) electrons. The van der Waals surface area contributed by atoms with Crippen molar-refractivity contribution in [1.82, 2.24) is 25.1 Å². The summed E-state index contributed by atoms with van der Waals surface area (Å²) in [5, 5.41) is 11.5. The number of carbonyl (C=O) groups excluding carboxylic acids is 1. The molecule has 1 amide bonds. The van der Waals surface area contributed by atoms with Gasteiger partial charge in [-0.2, -0.15) is 0 Å². The first-order valence-corrected chi connectivity index (χ1v) is 7.10. The lowest BCUT2D eigenvalue weighted by Crippen LogP contribution is -2.49. The molecule has 0 bridgehead atoms. The number of benzene rings is 1. The molecule has 110 valence electrons. The van der Waals surface area contributed by atoms with E-state index in [4.69, 9.17) is 11.6 Å². The summed E-state index contributed by atoms with van der Waals surface area (Å²) in [7, 11) is 0. The molecule has 0 saturated carbocycles. The number of nitrogens with zero attached hydrogens (tertiary/aromatic N) is 6. The highest BCUT2D eigenvalue weighted by Crippen LogP contribution is 2.25. The van der Waals surface area contributed by atoms with E-state index in [0.717, 1.165) is 23.8 Å². The Morgan fingerprint density at radius 1 is 1.19 bits per heavy atom. The van der Waals surface area contributed by atoms with E-state index in [0.29, 0.717) is 13.1 Å². The van der Waals surface area contributed by atoms with Crippen LogP contribution in [0.3, 0.4) is 0 Å². The van der Waals surface area contributed by atoms with Crippen molar-refractivity contribution in [2.45, 2.75) is 6.54 Å². The molecule has 2 heterocycles. The average Bonchev–Trinajstić information content (AvgIpc) is 3.01. The Bertz CT molecular complexity index is 609. The molecule has 1 aromatic carbocycles. The van der Waals surface area contributed by atoms with Crippen molar-refractivity contribution in [3.63, 3.8) is 0 Å². The Hall–Kier alpha value is -2.15. The molecule has 1 fully saturated rings. The maximum absolute atomic E-state index is 12.1. The number of hydrogen-bond acceptors (Lipinski definition) is 5. The highest BCUT2D eigenvalue weighted by molar-refractivity contribution is 6.33. The van der Waals surface area contributed by atoms with Gasteiger partial charge in [0, 0.05) is 26.2 Å². The summed E-state index contributed by atoms with van der Waals surface area (Å²) in [6.07, 6.45) is 1.44. The molecular weight excluding hydrogens is 292 g/mol. The summed E-state index contributed by atoms with van der Waals surface area (Å²) in [4.78, 5) is 16.2. The summed E-state index contributed by atoms with van der Waals surface area (Å²) in [6, 6.07) is 7.77. The van der Waals surface area contributed by atoms with Crippen molar-refractivity contribution in [2.75, 3.05) is 31.1 Å². The van der Waals surface area contributed by atoms with Crippen LogP contribution in [0, 0.1) is 0 Å². The van der Waals surface area contributed by atoms with Gasteiger partial charge in [0.2, 0.25) is 5.91 Å². The molecule has 0 N–H and O–H groups in total. The van der Waals surface area contributed by atoms with Gasteiger partial charge in [-0.15, -0.1) is 5.10 Å². The number of hydrogen-bond donors (Lipinski definition) is 0. The first kappa shape index (κ1) is 13.8. The van der Waals surface area contributed by atoms with Crippen molar-refractivity contribution < 1.29 is 4.79 Å². The molecule has 1 aromatic heterocycles. The van der Waals surface area contributed by atoms with Gasteiger partial charge in [0.15, 0.2) is 0 Å². The maximum Gasteiger partial charge on any atom is 0.244 e. The molecular formula is C13H15ClN6O. The number of halogens is 1. The lowest BCUT2D eigenvalue weighted by molar-refractivity contribution is -0.132. The molecule has 2 aromatic rings. The van der Waals surface area contributed by atoms with Gasteiger partial charge in [-0.05, 0) is 22.6 Å². The number of carbonyl (C=O) groups is 1. The monoisotopic (exact) mass is 306 g/mol. The van der Waals surface area contributed by atoms with Crippen molar-refractivity contribution >= 4 is 23.2 Å². The van der Waals surface area contributed by atoms with Crippen LogP contribution in [0.4, 0.5) is 5.69 Å². The number of piperazine rings is 1. The van der Waals surface area contributed by atoms with E-state index in [2.05, 4.69) is 20.4 Å². The van der Waals surface area contributed by atoms with E-state index in [-0.39, 0.29) is 12.5 Å². The Kier molecular flexibility index (Phi) is 4.01. The summed E-state index contributed by atoms with van der Waals surface area (Å²) in [5.74, 6) is 0.0288. The standard InChI is InChI=1S/C13H15ClN6O/c14-11-3-1-2-4-12(11)18-5-7-19(8-6-18)13(21)9-20-10-15-16-17-20/h1-4,10H,5-9H2. The molecule has 8 heteroatoms. The number of tetrazole rings is 1. The maximum atomic E-state index is 12.1. The van der Waals surface area contributed by atoms with Gasteiger partial charge in [-0.3, -0.25) is 4.79 Å². The van der Waals surface area contributed by atoms with Crippen LogP contribution in [0.1, 0.15) is 0 Å².